The van der Waals surface area contributed by atoms with Gasteiger partial charge in [-0.1, -0.05) is 6.08 Å². The van der Waals surface area contributed by atoms with Gasteiger partial charge in [0.05, 0.1) is 20.3 Å². The lowest BCUT2D eigenvalue weighted by Gasteiger charge is -2.33. The van der Waals surface area contributed by atoms with Gasteiger partial charge in [0.15, 0.2) is 0 Å². The zero-order chi connectivity index (χ0) is 13.7. The van der Waals surface area contributed by atoms with E-state index in [1.165, 1.54) is 0 Å². The summed E-state index contributed by atoms with van der Waals surface area (Å²) in [5.74, 6) is 1.63. The Morgan fingerprint density at radius 3 is 2.05 bits per heavy atom. The molecule has 0 radical (unpaired) electrons. The molecular formula is C15H24Cl2N2O2. The molecule has 120 valence electrons. The summed E-state index contributed by atoms with van der Waals surface area (Å²) in [6.45, 7) is 8.07. The second-order valence-corrected chi connectivity index (χ2v) is 4.61. The smallest absolute Gasteiger partial charge is 0.122 e. The van der Waals surface area contributed by atoms with Crippen molar-refractivity contribution < 1.29 is 9.47 Å². The third-order valence-corrected chi connectivity index (χ3v) is 3.48. The van der Waals surface area contributed by atoms with Crippen molar-refractivity contribution >= 4 is 24.8 Å². The van der Waals surface area contributed by atoms with Gasteiger partial charge in [-0.05, 0) is 17.7 Å². The fourth-order valence-electron chi connectivity index (χ4n) is 2.46. The zero-order valence-electron chi connectivity index (χ0n) is 12.5. The molecule has 0 unspecified atom stereocenters. The van der Waals surface area contributed by atoms with Gasteiger partial charge in [-0.2, -0.15) is 0 Å². The number of hydrogen-bond donors (Lipinski definition) is 1. The van der Waals surface area contributed by atoms with Crippen LogP contribution in [0.4, 0.5) is 0 Å². The van der Waals surface area contributed by atoms with Crippen molar-refractivity contribution in [2.75, 3.05) is 40.4 Å². The number of rotatable bonds is 5. The van der Waals surface area contributed by atoms with E-state index >= 15 is 0 Å². The molecule has 21 heavy (non-hydrogen) atoms. The van der Waals surface area contributed by atoms with Crippen LogP contribution in [0.15, 0.2) is 30.9 Å². The number of methoxy groups -OCH3 is 2. The van der Waals surface area contributed by atoms with E-state index in [0.717, 1.165) is 43.2 Å². The van der Waals surface area contributed by atoms with E-state index in [1.54, 1.807) is 14.2 Å². The molecule has 0 aliphatic carbocycles. The fourth-order valence-corrected chi connectivity index (χ4v) is 2.46. The summed E-state index contributed by atoms with van der Waals surface area (Å²) in [5.41, 5.74) is 1.16. The highest BCUT2D eigenvalue weighted by Gasteiger charge is 2.20. The Morgan fingerprint density at radius 2 is 1.62 bits per heavy atom. The second-order valence-electron chi connectivity index (χ2n) is 4.61. The van der Waals surface area contributed by atoms with Crippen LogP contribution in [0.25, 0.3) is 0 Å². The summed E-state index contributed by atoms with van der Waals surface area (Å²) < 4.78 is 10.7. The van der Waals surface area contributed by atoms with Crippen molar-refractivity contribution in [3.63, 3.8) is 0 Å². The largest absolute Gasteiger partial charge is 0.497 e. The van der Waals surface area contributed by atoms with Crippen LogP contribution in [0.3, 0.4) is 0 Å². The Labute approximate surface area is 139 Å². The molecule has 1 aromatic carbocycles. The molecule has 1 aromatic rings. The molecule has 1 fully saturated rings. The first-order valence-corrected chi connectivity index (χ1v) is 6.58. The van der Waals surface area contributed by atoms with Crippen LogP contribution in [0.2, 0.25) is 0 Å². The number of benzene rings is 1. The molecular weight excluding hydrogens is 311 g/mol. The Bertz CT molecular complexity index is 415. The van der Waals surface area contributed by atoms with E-state index < -0.39 is 0 Å². The highest BCUT2D eigenvalue weighted by atomic mass is 35.5. The van der Waals surface area contributed by atoms with Crippen LogP contribution in [0, 0.1) is 0 Å². The van der Waals surface area contributed by atoms with Gasteiger partial charge in [-0.15, -0.1) is 31.4 Å². The highest BCUT2D eigenvalue weighted by Crippen LogP contribution is 2.30. The summed E-state index contributed by atoms with van der Waals surface area (Å²) in [7, 11) is 3.35. The predicted molar refractivity (Wildman–Crippen MR) is 91.4 cm³/mol. The zero-order valence-corrected chi connectivity index (χ0v) is 14.1. The normalized spacial score (nSPS) is 16.1. The van der Waals surface area contributed by atoms with Gasteiger partial charge in [0, 0.05) is 32.2 Å². The maximum Gasteiger partial charge on any atom is 0.122 e. The van der Waals surface area contributed by atoms with Crippen LogP contribution >= 0.6 is 24.8 Å². The SMILES string of the molecule is C=C[C@H](c1cc(OC)cc(OC)c1)N1CCNCC1.Cl.Cl. The summed E-state index contributed by atoms with van der Waals surface area (Å²) in [4.78, 5) is 2.41. The van der Waals surface area contributed by atoms with Crippen molar-refractivity contribution in [3.05, 3.63) is 36.4 Å². The topological polar surface area (TPSA) is 33.7 Å². The van der Waals surface area contributed by atoms with Crippen LogP contribution in [-0.2, 0) is 0 Å². The first kappa shape index (κ1) is 20.1. The minimum atomic E-state index is 0. The van der Waals surface area contributed by atoms with Gasteiger partial charge >= 0.3 is 0 Å². The quantitative estimate of drug-likeness (QED) is 0.839. The maximum absolute atomic E-state index is 5.33. The van der Waals surface area contributed by atoms with Crippen molar-refractivity contribution in [3.8, 4) is 11.5 Å². The summed E-state index contributed by atoms with van der Waals surface area (Å²) >= 11 is 0. The molecule has 1 saturated heterocycles. The molecule has 0 saturated carbocycles. The van der Waals surface area contributed by atoms with Gasteiger partial charge in [0.1, 0.15) is 11.5 Å². The Morgan fingerprint density at radius 1 is 1.10 bits per heavy atom. The molecule has 1 N–H and O–H groups in total. The maximum atomic E-state index is 5.33. The molecule has 6 heteroatoms. The molecule has 4 nitrogen and oxygen atoms in total. The molecule has 2 rings (SSSR count). The third kappa shape index (κ3) is 5.08. The van der Waals surface area contributed by atoms with Crippen LogP contribution in [-0.4, -0.2) is 45.3 Å². The van der Waals surface area contributed by atoms with Crippen molar-refractivity contribution in [2.24, 2.45) is 0 Å². The molecule has 0 bridgehead atoms. The number of ether oxygens (including phenoxy) is 2. The van der Waals surface area contributed by atoms with Crippen molar-refractivity contribution in [2.45, 2.75) is 6.04 Å². The first-order valence-electron chi connectivity index (χ1n) is 6.58. The highest BCUT2D eigenvalue weighted by molar-refractivity contribution is 5.85. The number of hydrogen-bond acceptors (Lipinski definition) is 4. The standard InChI is InChI=1S/C15H22N2O2.2ClH/c1-4-15(17-7-5-16-6-8-17)12-9-13(18-2)11-14(10-12)19-3;;/h4,9-11,15-16H,1,5-8H2,2-3H3;2*1H/t15-;;/m1../s1. The molecule has 1 aliphatic heterocycles. The van der Waals surface area contributed by atoms with Gasteiger partial charge in [-0.3, -0.25) is 4.90 Å². The molecule has 0 aromatic heterocycles. The van der Waals surface area contributed by atoms with Crippen LogP contribution in [0.5, 0.6) is 11.5 Å². The molecule has 1 aliphatic rings. The average Bonchev–Trinajstić information content (AvgIpc) is 2.48. The number of halogens is 2. The molecule has 1 heterocycles. The third-order valence-electron chi connectivity index (χ3n) is 3.48. The molecule has 0 amide bonds. The van der Waals surface area contributed by atoms with Gasteiger partial charge in [-0.25, -0.2) is 0 Å². The van der Waals surface area contributed by atoms with E-state index in [4.69, 9.17) is 9.47 Å². The van der Waals surface area contributed by atoms with E-state index in [9.17, 15) is 0 Å². The van der Waals surface area contributed by atoms with Crippen LogP contribution in [0.1, 0.15) is 11.6 Å². The number of piperazine rings is 1. The first-order chi connectivity index (χ1) is 9.28. The van der Waals surface area contributed by atoms with Crippen LogP contribution < -0.4 is 14.8 Å². The van der Waals surface area contributed by atoms with E-state index in [2.05, 4.69) is 28.9 Å². The van der Waals surface area contributed by atoms with Crippen molar-refractivity contribution in [1.29, 1.82) is 0 Å². The molecule has 0 spiro atoms. The van der Waals surface area contributed by atoms with Gasteiger partial charge in [0.25, 0.3) is 0 Å². The lowest BCUT2D eigenvalue weighted by atomic mass is 10.0. The van der Waals surface area contributed by atoms with Crippen molar-refractivity contribution in [1.82, 2.24) is 10.2 Å². The Kier molecular flexibility index (Phi) is 9.46. The van der Waals surface area contributed by atoms with Gasteiger partial charge < -0.3 is 14.8 Å². The van der Waals surface area contributed by atoms with E-state index in [1.807, 2.05) is 12.1 Å². The Hall–Kier alpha value is -0.940. The van der Waals surface area contributed by atoms with E-state index in [0.29, 0.717) is 0 Å². The van der Waals surface area contributed by atoms with Gasteiger partial charge in [0.2, 0.25) is 0 Å². The summed E-state index contributed by atoms with van der Waals surface area (Å²) in [6.07, 6.45) is 1.99. The summed E-state index contributed by atoms with van der Waals surface area (Å²) in [5, 5.41) is 3.36. The monoisotopic (exact) mass is 334 g/mol. The summed E-state index contributed by atoms with van der Waals surface area (Å²) in [6, 6.07) is 6.20. The minimum Gasteiger partial charge on any atom is -0.497 e. The average molecular weight is 335 g/mol. The second kappa shape index (κ2) is 9.90. The number of nitrogens with zero attached hydrogens (tertiary/aromatic N) is 1. The minimum absolute atomic E-state index is 0. The molecule has 1 atom stereocenters. The van der Waals surface area contributed by atoms with E-state index in [-0.39, 0.29) is 30.9 Å². The lowest BCUT2D eigenvalue weighted by Crippen LogP contribution is -2.44. The number of nitrogens with one attached hydrogen (secondary N) is 1. The predicted octanol–water partition coefficient (Wildman–Crippen LogP) is 2.68. The Balaban J connectivity index is 0.00000200. The lowest BCUT2D eigenvalue weighted by molar-refractivity contribution is 0.203. The fraction of sp³-hybridized carbons (Fsp3) is 0.467.